The van der Waals surface area contributed by atoms with Gasteiger partial charge in [0.25, 0.3) is 0 Å². The fourth-order valence-electron chi connectivity index (χ4n) is 2.32. The number of fused-ring (bicyclic) bond motifs is 1. The Morgan fingerprint density at radius 2 is 2.04 bits per heavy atom. The zero-order valence-electron chi connectivity index (χ0n) is 12.6. The van der Waals surface area contributed by atoms with Gasteiger partial charge in [0.1, 0.15) is 0 Å². The third-order valence-electron chi connectivity index (χ3n) is 3.57. The minimum atomic E-state index is -0.127. The number of carbonyl (C=O) groups is 1. The zero-order chi connectivity index (χ0) is 16.2. The second-order valence-corrected chi connectivity index (χ2v) is 5.71. The van der Waals surface area contributed by atoms with Crippen molar-refractivity contribution in [1.82, 2.24) is 5.32 Å². The zero-order valence-corrected chi connectivity index (χ0v) is 13.4. The summed E-state index contributed by atoms with van der Waals surface area (Å²) in [4.78, 5) is 12.0. The van der Waals surface area contributed by atoms with E-state index < -0.39 is 0 Å². The van der Waals surface area contributed by atoms with Gasteiger partial charge in [0.2, 0.25) is 12.7 Å². The van der Waals surface area contributed by atoms with Gasteiger partial charge in [0.15, 0.2) is 11.5 Å². The Balaban J connectivity index is 1.53. The fraction of sp³-hybridized carbons (Fsp3) is 0.235. The van der Waals surface area contributed by atoms with Crippen LogP contribution in [0.5, 0.6) is 11.5 Å². The molecule has 6 heteroatoms. The number of ether oxygens (including phenoxy) is 2. The number of nitrogens with one attached hydrogen (secondary N) is 2. The Hall–Kier alpha value is -2.24. The first-order valence-corrected chi connectivity index (χ1v) is 7.68. The summed E-state index contributed by atoms with van der Waals surface area (Å²) in [7, 11) is 0. The van der Waals surface area contributed by atoms with Crippen LogP contribution in [0.25, 0.3) is 0 Å². The first kappa shape index (κ1) is 15.6. The number of amides is 1. The molecular formula is C17H17ClN2O3. The summed E-state index contributed by atoms with van der Waals surface area (Å²) in [6.07, 6.45) is 0. The number of anilines is 1. The fourth-order valence-corrected chi connectivity index (χ4v) is 2.52. The van der Waals surface area contributed by atoms with Gasteiger partial charge in [-0.25, -0.2) is 0 Å². The summed E-state index contributed by atoms with van der Waals surface area (Å²) >= 11 is 5.98. The van der Waals surface area contributed by atoms with Gasteiger partial charge in [-0.3, -0.25) is 4.79 Å². The van der Waals surface area contributed by atoms with Gasteiger partial charge in [-0.1, -0.05) is 23.7 Å². The lowest BCUT2D eigenvalue weighted by Crippen LogP contribution is -2.30. The van der Waals surface area contributed by atoms with E-state index in [4.69, 9.17) is 21.1 Å². The van der Waals surface area contributed by atoms with Crippen molar-refractivity contribution in [2.45, 2.75) is 13.0 Å². The number of halogens is 1. The molecule has 0 aliphatic carbocycles. The van der Waals surface area contributed by atoms with Crippen LogP contribution in [-0.4, -0.2) is 19.2 Å². The Morgan fingerprint density at radius 1 is 1.22 bits per heavy atom. The summed E-state index contributed by atoms with van der Waals surface area (Å²) in [5, 5.41) is 6.68. The molecule has 0 bridgehead atoms. The summed E-state index contributed by atoms with van der Waals surface area (Å²) in [5.41, 5.74) is 1.71. The largest absolute Gasteiger partial charge is 0.454 e. The third-order valence-corrected chi connectivity index (χ3v) is 3.81. The summed E-state index contributed by atoms with van der Waals surface area (Å²) in [6, 6.07) is 12.9. The van der Waals surface area contributed by atoms with E-state index in [1.807, 2.05) is 31.2 Å². The molecule has 0 saturated heterocycles. The van der Waals surface area contributed by atoms with Gasteiger partial charge in [-0.2, -0.15) is 0 Å². The first-order chi connectivity index (χ1) is 11.1. The standard InChI is InChI=1S/C17H17ClN2O3/c1-11(12-3-2-4-13(18)7-12)19-9-17(21)20-14-5-6-15-16(8-14)23-10-22-15/h2-8,11,19H,9-10H2,1H3,(H,20,21)/t11-/m1/s1. The molecule has 5 nitrogen and oxygen atoms in total. The number of carbonyl (C=O) groups excluding carboxylic acids is 1. The second-order valence-electron chi connectivity index (χ2n) is 5.27. The molecule has 1 heterocycles. The molecule has 23 heavy (non-hydrogen) atoms. The highest BCUT2D eigenvalue weighted by Crippen LogP contribution is 2.34. The molecule has 3 rings (SSSR count). The molecule has 1 aliphatic rings. The van der Waals surface area contributed by atoms with Crippen LogP contribution in [0, 0.1) is 0 Å². The normalized spacial score (nSPS) is 13.7. The Labute approximate surface area is 139 Å². The van der Waals surface area contributed by atoms with E-state index in [0.717, 1.165) is 5.56 Å². The number of benzene rings is 2. The van der Waals surface area contributed by atoms with Gasteiger partial charge in [0.05, 0.1) is 6.54 Å². The highest BCUT2D eigenvalue weighted by Gasteiger charge is 2.14. The average molecular weight is 333 g/mol. The van der Waals surface area contributed by atoms with Gasteiger partial charge in [-0.15, -0.1) is 0 Å². The van der Waals surface area contributed by atoms with Crippen LogP contribution in [0.3, 0.4) is 0 Å². The average Bonchev–Trinajstić information content (AvgIpc) is 3.00. The van der Waals surface area contributed by atoms with Gasteiger partial charge in [0, 0.05) is 22.8 Å². The maximum atomic E-state index is 12.0. The molecule has 2 aromatic carbocycles. The van der Waals surface area contributed by atoms with E-state index in [2.05, 4.69) is 10.6 Å². The van der Waals surface area contributed by atoms with Crippen LogP contribution in [0.2, 0.25) is 5.02 Å². The van der Waals surface area contributed by atoms with Gasteiger partial charge >= 0.3 is 0 Å². The summed E-state index contributed by atoms with van der Waals surface area (Å²) in [5.74, 6) is 1.21. The highest BCUT2D eigenvalue weighted by atomic mass is 35.5. The van der Waals surface area contributed by atoms with E-state index in [1.165, 1.54) is 0 Å². The monoisotopic (exact) mass is 332 g/mol. The Morgan fingerprint density at radius 3 is 2.87 bits per heavy atom. The summed E-state index contributed by atoms with van der Waals surface area (Å²) < 4.78 is 10.5. The number of rotatable bonds is 5. The van der Waals surface area contributed by atoms with Crippen molar-refractivity contribution in [3.63, 3.8) is 0 Å². The predicted octanol–water partition coefficient (Wildman–Crippen LogP) is 3.36. The topological polar surface area (TPSA) is 59.6 Å². The molecule has 1 aliphatic heterocycles. The molecule has 1 atom stereocenters. The molecular weight excluding hydrogens is 316 g/mol. The van der Waals surface area contributed by atoms with Crippen LogP contribution in [0.4, 0.5) is 5.69 Å². The van der Waals surface area contributed by atoms with E-state index in [9.17, 15) is 4.79 Å². The van der Waals surface area contributed by atoms with Crippen molar-refractivity contribution in [2.75, 3.05) is 18.7 Å². The molecule has 2 aromatic rings. The lowest BCUT2D eigenvalue weighted by atomic mass is 10.1. The SMILES string of the molecule is C[C@@H](NCC(=O)Nc1ccc2c(c1)OCO2)c1cccc(Cl)c1. The molecule has 0 unspecified atom stereocenters. The maximum Gasteiger partial charge on any atom is 0.238 e. The molecule has 0 spiro atoms. The molecule has 2 N–H and O–H groups in total. The minimum Gasteiger partial charge on any atom is -0.454 e. The van der Waals surface area contributed by atoms with Crippen LogP contribution >= 0.6 is 11.6 Å². The van der Waals surface area contributed by atoms with Crippen molar-refractivity contribution in [3.05, 3.63) is 53.1 Å². The smallest absolute Gasteiger partial charge is 0.238 e. The third kappa shape index (κ3) is 3.94. The van der Waals surface area contributed by atoms with E-state index >= 15 is 0 Å². The van der Waals surface area contributed by atoms with Crippen LogP contribution < -0.4 is 20.1 Å². The van der Waals surface area contributed by atoms with Crippen molar-refractivity contribution < 1.29 is 14.3 Å². The lowest BCUT2D eigenvalue weighted by molar-refractivity contribution is -0.115. The first-order valence-electron chi connectivity index (χ1n) is 7.30. The van der Waals surface area contributed by atoms with Crippen molar-refractivity contribution >= 4 is 23.2 Å². The van der Waals surface area contributed by atoms with Crippen molar-refractivity contribution in [1.29, 1.82) is 0 Å². The summed E-state index contributed by atoms with van der Waals surface area (Å²) in [6.45, 7) is 2.40. The van der Waals surface area contributed by atoms with E-state index in [0.29, 0.717) is 22.2 Å². The molecule has 0 fully saturated rings. The van der Waals surface area contributed by atoms with Crippen molar-refractivity contribution in [2.24, 2.45) is 0 Å². The predicted molar refractivity (Wildman–Crippen MR) is 89.1 cm³/mol. The molecule has 0 aromatic heterocycles. The molecule has 120 valence electrons. The molecule has 0 radical (unpaired) electrons. The molecule has 1 amide bonds. The molecule has 0 saturated carbocycles. The Kier molecular flexibility index (Phi) is 4.69. The van der Waals surface area contributed by atoms with E-state index in [1.54, 1.807) is 18.2 Å². The van der Waals surface area contributed by atoms with Crippen LogP contribution in [0.15, 0.2) is 42.5 Å². The quantitative estimate of drug-likeness (QED) is 0.881. The number of hydrogen-bond acceptors (Lipinski definition) is 4. The highest BCUT2D eigenvalue weighted by molar-refractivity contribution is 6.30. The maximum absolute atomic E-state index is 12.0. The Bertz CT molecular complexity index is 721. The minimum absolute atomic E-state index is 0.0243. The van der Waals surface area contributed by atoms with Gasteiger partial charge < -0.3 is 20.1 Å². The van der Waals surface area contributed by atoms with Crippen LogP contribution in [0.1, 0.15) is 18.5 Å². The van der Waals surface area contributed by atoms with Crippen molar-refractivity contribution in [3.8, 4) is 11.5 Å². The van der Waals surface area contributed by atoms with Gasteiger partial charge in [-0.05, 0) is 36.8 Å². The lowest BCUT2D eigenvalue weighted by Gasteiger charge is -2.14. The second kappa shape index (κ2) is 6.89. The number of hydrogen-bond donors (Lipinski definition) is 2. The van der Waals surface area contributed by atoms with Crippen LogP contribution in [-0.2, 0) is 4.79 Å². The van der Waals surface area contributed by atoms with E-state index in [-0.39, 0.29) is 25.3 Å².